The van der Waals surface area contributed by atoms with Gasteiger partial charge in [0, 0.05) is 17.0 Å². The maximum absolute atomic E-state index is 14.8. The number of benzene rings is 3. The van der Waals surface area contributed by atoms with Gasteiger partial charge in [-0.15, -0.1) is 0 Å². The van der Waals surface area contributed by atoms with E-state index in [2.05, 4.69) is 21.9 Å². The number of isothiocyanates is 1. The molecule has 3 aromatic carbocycles. The topological polar surface area (TPSA) is 40.0 Å². The fraction of sp³-hybridized carbons (Fsp3) is 0.276. The Hall–Kier alpha value is -3.43. The Morgan fingerprint density at radius 3 is 2.15 bits per heavy atom. The molecule has 1 fully saturated rings. The molecule has 0 aliphatic carbocycles. The van der Waals surface area contributed by atoms with Gasteiger partial charge in [-0.2, -0.15) is 13.8 Å². The summed E-state index contributed by atoms with van der Waals surface area (Å²) >= 11 is 4.39. The fourth-order valence-electron chi connectivity index (χ4n) is 4.20. The summed E-state index contributed by atoms with van der Waals surface area (Å²) < 4.78 is 86.7. The van der Waals surface area contributed by atoms with Gasteiger partial charge in [-0.3, -0.25) is 0 Å². The number of aliphatic imine (C=N–C) groups is 1. The van der Waals surface area contributed by atoms with Crippen LogP contribution in [0.4, 0.5) is 27.6 Å². The van der Waals surface area contributed by atoms with Crippen molar-refractivity contribution in [1.29, 1.82) is 0 Å². The van der Waals surface area contributed by atoms with E-state index in [1.165, 1.54) is 18.2 Å². The second-order valence-corrected chi connectivity index (χ2v) is 8.98. The van der Waals surface area contributed by atoms with Crippen molar-refractivity contribution >= 4 is 28.9 Å². The average molecular weight is 562 g/mol. The van der Waals surface area contributed by atoms with Crippen LogP contribution in [0.5, 0.6) is 0 Å². The lowest BCUT2D eigenvalue weighted by Crippen LogP contribution is -2.25. The first kappa shape index (κ1) is 28.6. The van der Waals surface area contributed by atoms with E-state index in [-0.39, 0.29) is 44.1 Å². The molecule has 0 atom stereocenters. The molecule has 0 N–H and O–H groups in total. The van der Waals surface area contributed by atoms with Crippen molar-refractivity contribution in [2.45, 2.75) is 32.0 Å². The minimum Gasteiger partial charge on any atom is -0.469 e. The molecule has 1 heterocycles. The van der Waals surface area contributed by atoms with Gasteiger partial charge in [0.2, 0.25) is 5.83 Å². The Labute approximate surface area is 227 Å². The van der Waals surface area contributed by atoms with E-state index in [1.54, 1.807) is 31.2 Å². The van der Waals surface area contributed by atoms with E-state index in [0.29, 0.717) is 16.7 Å². The van der Waals surface area contributed by atoms with E-state index in [9.17, 15) is 22.0 Å². The predicted octanol–water partition coefficient (Wildman–Crippen LogP) is 8.05. The van der Waals surface area contributed by atoms with Crippen LogP contribution in [-0.2, 0) is 27.1 Å². The number of nitrogens with zero attached hydrogens (tertiary/aromatic N) is 1. The third-order valence-electron chi connectivity index (χ3n) is 6.24. The van der Waals surface area contributed by atoms with Gasteiger partial charge in [0.05, 0.1) is 25.0 Å². The zero-order valence-corrected chi connectivity index (χ0v) is 21.7. The minimum atomic E-state index is -1.26. The fourth-order valence-corrected chi connectivity index (χ4v) is 4.29. The first-order valence-electron chi connectivity index (χ1n) is 12.2. The zero-order valence-electron chi connectivity index (χ0n) is 20.9. The average Bonchev–Trinajstić information content (AvgIpc) is 2.94. The van der Waals surface area contributed by atoms with Crippen molar-refractivity contribution in [2.24, 2.45) is 4.99 Å². The van der Waals surface area contributed by atoms with Crippen LogP contribution < -0.4 is 0 Å². The molecule has 0 bridgehead atoms. The summed E-state index contributed by atoms with van der Waals surface area (Å²) in [6.45, 7) is 2.13. The largest absolute Gasteiger partial charge is 0.469 e. The summed E-state index contributed by atoms with van der Waals surface area (Å²) in [5, 5.41) is 1.93. The van der Waals surface area contributed by atoms with Gasteiger partial charge in [0.25, 0.3) is 0 Å². The number of rotatable bonds is 9. The standard InChI is InChI=1S/C29H24F5NO3S/c1-2-36-28(34)26(33)20-8-5-18(6-9-20)22-14-37-29(38-15-22)21-10-7-19(23(30)13-21)4-3-17-11-24(31)27(35-16-39)25(32)12-17/h5-13,22,29H,2-4,14-15H2,1H3/b28-26-. The smallest absolute Gasteiger partial charge is 0.309 e. The molecule has 1 aliphatic heterocycles. The lowest BCUT2D eigenvalue weighted by atomic mass is 9.98. The van der Waals surface area contributed by atoms with Crippen molar-refractivity contribution in [3.05, 3.63) is 106 Å². The number of hydrogen-bond donors (Lipinski definition) is 0. The van der Waals surface area contributed by atoms with Crippen LogP contribution in [0.25, 0.3) is 5.83 Å². The summed E-state index contributed by atoms with van der Waals surface area (Å²) in [4.78, 5) is 3.38. The lowest BCUT2D eigenvalue weighted by molar-refractivity contribution is -0.191. The van der Waals surface area contributed by atoms with E-state index in [0.717, 1.165) is 17.7 Å². The van der Waals surface area contributed by atoms with E-state index >= 15 is 0 Å². The molecule has 0 spiro atoms. The minimum absolute atomic E-state index is 0.0185. The quantitative estimate of drug-likeness (QED) is 0.115. The van der Waals surface area contributed by atoms with Crippen LogP contribution in [-0.4, -0.2) is 25.0 Å². The Bertz CT molecular complexity index is 1380. The molecule has 0 aromatic heterocycles. The van der Waals surface area contributed by atoms with Crippen molar-refractivity contribution < 1.29 is 36.2 Å². The second-order valence-electron chi connectivity index (χ2n) is 8.80. The number of ether oxygens (including phenoxy) is 3. The van der Waals surface area contributed by atoms with Crippen molar-refractivity contribution in [1.82, 2.24) is 0 Å². The van der Waals surface area contributed by atoms with E-state index in [4.69, 9.17) is 9.47 Å². The maximum Gasteiger partial charge on any atom is 0.309 e. The van der Waals surface area contributed by atoms with Crippen LogP contribution in [0.15, 0.2) is 65.6 Å². The third kappa shape index (κ3) is 6.96. The highest BCUT2D eigenvalue weighted by Gasteiger charge is 2.26. The molecule has 0 radical (unpaired) electrons. The van der Waals surface area contributed by atoms with Gasteiger partial charge in [-0.05, 0) is 66.9 Å². The van der Waals surface area contributed by atoms with Crippen molar-refractivity contribution in [2.75, 3.05) is 19.8 Å². The van der Waals surface area contributed by atoms with Crippen LogP contribution in [0.3, 0.4) is 0 Å². The van der Waals surface area contributed by atoms with Gasteiger partial charge < -0.3 is 14.2 Å². The summed E-state index contributed by atoms with van der Waals surface area (Å²) in [6.07, 6.45) is -0.349. The van der Waals surface area contributed by atoms with Crippen molar-refractivity contribution in [3.8, 4) is 0 Å². The highest BCUT2D eigenvalue weighted by atomic mass is 32.1. The molecule has 39 heavy (non-hydrogen) atoms. The van der Waals surface area contributed by atoms with Crippen LogP contribution in [0.2, 0.25) is 0 Å². The first-order valence-corrected chi connectivity index (χ1v) is 12.6. The van der Waals surface area contributed by atoms with Gasteiger partial charge in [-0.25, -0.2) is 13.2 Å². The predicted molar refractivity (Wildman–Crippen MR) is 139 cm³/mol. The molecule has 4 nitrogen and oxygen atoms in total. The normalized spacial score (nSPS) is 17.8. The van der Waals surface area contributed by atoms with Crippen LogP contribution in [0.1, 0.15) is 46.9 Å². The zero-order chi connectivity index (χ0) is 27.9. The molecule has 4 rings (SSSR count). The number of hydrogen-bond acceptors (Lipinski definition) is 5. The highest BCUT2D eigenvalue weighted by molar-refractivity contribution is 7.78. The van der Waals surface area contributed by atoms with Crippen molar-refractivity contribution in [3.63, 3.8) is 0 Å². The monoisotopic (exact) mass is 561 g/mol. The van der Waals surface area contributed by atoms with E-state index in [1.807, 2.05) is 5.16 Å². The lowest BCUT2D eigenvalue weighted by Gasteiger charge is -2.30. The van der Waals surface area contributed by atoms with Gasteiger partial charge in [-0.1, -0.05) is 36.4 Å². The first-order chi connectivity index (χ1) is 18.8. The molecular formula is C29H24F5NO3S. The van der Waals surface area contributed by atoms with Crippen LogP contribution >= 0.6 is 12.2 Å². The summed E-state index contributed by atoms with van der Waals surface area (Å²) in [7, 11) is 0. The summed E-state index contributed by atoms with van der Waals surface area (Å²) in [5.74, 6) is -3.43. The Morgan fingerprint density at radius 1 is 0.923 bits per heavy atom. The van der Waals surface area contributed by atoms with Gasteiger partial charge in [0.1, 0.15) is 11.5 Å². The Balaban J connectivity index is 1.34. The van der Waals surface area contributed by atoms with Gasteiger partial charge >= 0.3 is 6.01 Å². The molecule has 1 saturated heterocycles. The molecule has 10 heteroatoms. The van der Waals surface area contributed by atoms with E-state index < -0.39 is 41.3 Å². The Morgan fingerprint density at radius 2 is 1.56 bits per heavy atom. The Kier molecular flexibility index (Phi) is 9.59. The second kappa shape index (κ2) is 13.1. The number of halogens is 5. The molecular weight excluding hydrogens is 537 g/mol. The van der Waals surface area contributed by atoms with Gasteiger partial charge in [0.15, 0.2) is 17.9 Å². The highest BCUT2D eigenvalue weighted by Crippen LogP contribution is 2.32. The molecule has 3 aromatic rings. The molecule has 204 valence electrons. The van der Waals surface area contributed by atoms with Crippen LogP contribution in [0, 0.1) is 17.5 Å². The summed E-state index contributed by atoms with van der Waals surface area (Å²) in [6, 6.07) is 11.8. The molecule has 0 unspecified atom stereocenters. The third-order valence-corrected chi connectivity index (χ3v) is 6.33. The molecule has 0 saturated carbocycles. The number of aryl methyl sites for hydroxylation is 2. The SMILES string of the molecule is CCO/C(F)=C(\F)c1ccc(C2COC(c3ccc(CCc4cc(F)c(N=C=S)c(F)c4)c(F)c3)OC2)cc1. The molecule has 0 amide bonds. The maximum atomic E-state index is 14.8. The molecule has 1 aliphatic rings. The number of thiocarbonyl (C=S) groups is 1. The summed E-state index contributed by atoms with van der Waals surface area (Å²) in [5.41, 5.74) is 1.59.